The molecule has 0 heterocycles. The Balaban J connectivity index is 1.92. The maximum Gasteiger partial charge on any atom is 0.150 e. The summed E-state index contributed by atoms with van der Waals surface area (Å²) < 4.78 is 0. The van der Waals surface area contributed by atoms with Crippen LogP contribution in [0.4, 0.5) is 0 Å². The summed E-state index contributed by atoms with van der Waals surface area (Å²) in [6.45, 7) is 4.51. The molecule has 2 aromatic carbocycles. The Bertz CT molecular complexity index is 699. The molecule has 0 bridgehead atoms. The number of carbonyl (C=O) groups is 1. The minimum absolute atomic E-state index is 0.690. The van der Waals surface area contributed by atoms with Crippen LogP contribution >= 0.6 is 0 Å². The second kappa shape index (κ2) is 7.12. The summed E-state index contributed by atoms with van der Waals surface area (Å²) >= 11 is 0. The molecule has 0 amide bonds. The first kappa shape index (κ1) is 16.0. The number of aldehydes is 1. The maximum atomic E-state index is 11.8. The van der Waals surface area contributed by atoms with Crippen molar-refractivity contribution in [3.8, 4) is 11.1 Å². The van der Waals surface area contributed by atoms with Crippen molar-refractivity contribution in [2.24, 2.45) is 5.92 Å². The van der Waals surface area contributed by atoms with Crippen molar-refractivity contribution in [3.05, 3.63) is 58.7 Å². The molecule has 1 unspecified atom stereocenters. The van der Waals surface area contributed by atoms with Gasteiger partial charge in [-0.25, -0.2) is 0 Å². The number of carbonyl (C=O) groups excluding carboxylic acids is 1. The van der Waals surface area contributed by atoms with Gasteiger partial charge in [-0.1, -0.05) is 75.9 Å². The molecule has 0 radical (unpaired) electrons. The van der Waals surface area contributed by atoms with Gasteiger partial charge in [-0.2, -0.15) is 0 Å². The van der Waals surface area contributed by atoms with Gasteiger partial charge in [0.25, 0.3) is 0 Å². The molecule has 0 aliphatic heterocycles. The topological polar surface area (TPSA) is 17.1 Å². The first-order chi connectivity index (χ1) is 11.3. The van der Waals surface area contributed by atoms with Crippen LogP contribution in [0.15, 0.2) is 36.4 Å². The largest absolute Gasteiger partial charge is 0.298 e. The molecule has 0 saturated carbocycles. The Kier molecular flexibility index (Phi) is 4.95. The molecule has 1 aliphatic rings. The SMILES string of the molecule is CCCCC(CC)Cc1ccc2c(c1C=O)Cc1ccccc1-2. The van der Waals surface area contributed by atoms with Crippen LogP contribution in [0.2, 0.25) is 0 Å². The Hall–Kier alpha value is -1.89. The molecule has 0 saturated heterocycles. The van der Waals surface area contributed by atoms with Crippen molar-refractivity contribution in [3.63, 3.8) is 0 Å². The van der Waals surface area contributed by atoms with Crippen molar-refractivity contribution < 1.29 is 4.79 Å². The van der Waals surface area contributed by atoms with E-state index in [9.17, 15) is 4.79 Å². The molecule has 23 heavy (non-hydrogen) atoms. The van der Waals surface area contributed by atoms with E-state index in [0.717, 1.165) is 24.7 Å². The molecule has 1 nitrogen and oxygen atoms in total. The van der Waals surface area contributed by atoms with Crippen molar-refractivity contribution >= 4 is 6.29 Å². The van der Waals surface area contributed by atoms with Gasteiger partial charge in [-0.15, -0.1) is 0 Å². The van der Waals surface area contributed by atoms with Gasteiger partial charge in [-0.3, -0.25) is 4.79 Å². The zero-order valence-corrected chi connectivity index (χ0v) is 14.3. The molecule has 2 aromatic rings. The van der Waals surface area contributed by atoms with Gasteiger partial charge < -0.3 is 0 Å². The van der Waals surface area contributed by atoms with E-state index in [1.807, 2.05) is 0 Å². The second-order valence-electron chi connectivity index (χ2n) is 6.74. The van der Waals surface area contributed by atoms with Crippen molar-refractivity contribution in [1.82, 2.24) is 0 Å². The van der Waals surface area contributed by atoms with Gasteiger partial charge in [0.15, 0.2) is 6.29 Å². The van der Waals surface area contributed by atoms with Crippen molar-refractivity contribution in [1.29, 1.82) is 0 Å². The molecular weight excluding hydrogens is 280 g/mol. The van der Waals surface area contributed by atoms with E-state index in [0.29, 0.717) is 5.92 Å². The Morgan fingerprint density at radius 2 is 1.91 bits per heavy atom. The molecule has 1 atom stereocenters. The van der Waals surface area contributed by atoms with Gasteiger partial charge >= 0.3 is 0 Å². The fourth-order valence-corrected chi connectivity index (χ4v) is 3.86. The summed E-state index contributed by atoms with van der Waals surface area (Å²) in [5.41, 5.74) is 7.34. The Morgan fingerprint density at radius 3 is 2.65 bits per heavy atom. The molecule has 0 aromatic heterocycles. The number of fused-ring (bicyclic) bond motifs is 3. The lowest BCUT2D eigenvalue weighted by Crippen LogP contribution is -2.07. The molecule has 0 spiro atoms. The average molecular weight is 306 g/mol. The van der Waals surface area contributed by atoms with E-state index < -0.39 is 0 Å². The predicted octanol–water partition coefficient (Wildman–Crippen LogP) is 5.83. The third-order valence-electron chi connectivity index (χ3n) is 5.29. The van der Waals surface area contributed by atoms with Crippen LogP contribution in [0.5, 0.6) is 0 Å². The first-order valence-electron chi connectivity index (χ1n) is 8.96. The molecule has 3 rings (SSSR count). The summed E-state index contributed by atoms with van der Waals surface area (Å²) in [5.74, 6) is 0.690. The monoisotopic (exact) mass is 306 g/mol. The van der Waals surface area contributed by atoms with Gasteiger partial charge in [0.1, 0.15) is 0 Å². The van der Waals surface area contributed by atoms with E-state index in [4.69, 9.17) is 0 Å². The van der Waals surface area contributed by atoms with Gasteiger partial charge in [0.2, 0.25) is 0 Å². The van der Waals surface area contributed by atoms with E-state index in [-0.39, 0.29) is 0 Å². The highest BCUT2D eigenvalue weighted by Gasteiger charge is 2.23. The fraction of sp³-hybridized carbons (Fsp3) is 0.409. The van der Waals surface area contributed by atoms with Crippen LogP contribution in [0.3, 0.4) is 0 Å². The summed E-state index contributed by atoms with van der Waals surface area (Å²) in [6.07, 6.45) is 8.01. The summed E-state index contributed by atoms with van der Waals surface area (Å²) in [4.78, 5) is 11.8. The third-order valence-corrected chi connectivity index (χ3v) is 5.29. The summed E-state index contributed by atoms with van der Waals surface area (Å²) in [7, 11) is 0. The quantitative estimate of drug-likeness (QED) is 0.502. The first-order valence-corrected chi connectivity index (χ1v) is 8.96. The Labute approximate surface area is 139 Å². The Morgan fingerprint density at radius 1 is 1.09 bits per heavy atom. The molecule has 1 heteroatoms. The van der Waals surface area contributed by atoms with E-state index in [1.165, 1.54) is 53.5 Å². The van der Waals surface area contributed by atoms with E-state index in [2.05, 4.69) is 50.2 Å². The summed E-state index contributed by atoms with van der Waals surface area (Å²) in [5, 5.41) is 0. The average Bonchev–Trinajstić information content (AvgIpc) is 2.96. The highest BCUT2D eigenvalue weighted by molar-refractivity contribution is 5.89. The maximum absolute atomic E-state index is 11.8. The van der Waals surface area contributed by atoms with Crippen LogP contribution in [0.25, 0.3) is 11.1 Å². The number of unbranched alkanes of at least 4 members (excludes halogenated alkanes) is 1. The number of benzene rings is 2. The lowest BCUT2D eigenvalue weighted by Gasteiger charge is -2.17. The summed E-state index contributed by atoms with van der Waals surface area (Å²) in [6, 6.07) is 12.9. The zero-order valence-electron chi connectivity index (χ0n) is 14.3. The highest BCUT2D eigenvalue weighted by Crippen LogP contribution is 2.39. The molecule has 1 aliphatic carbocycles. The smallest absolute Gasteiger partial charge is 0.150 e. The van der Waals surface area contributed by atoms with E-state index in [1.54, 1.807) is 0 Å². The van der Waals surface area contributed by atoms with Crippen LogP contribution < -0.4 is 0 Å². The van der Waals surface area contributed by atoms with Gasteiger partial charge in [0.05, 0.1) is 0 Å². The van der Waals surface area contributed by atoms with Gasteiger partial charge in [0, 0.05) is 5.56 Å². The van der Waals surface area contributed by atoms with Crippen molar-refractivity contribution in [2.45, 2.75) is 52.4 Å². The fourth-order valence-electron chi connectivity index (χ4n) is 3.86. The molecule has 120 valence electrons. The van der Waals surface area contributed by atoms with E-state index >= 15 is 0 Å². The number of hydrogen-bond donors (Lipinski definition) is 0. The highest BCUT2D eigenvalue weighted by atomic mass is 16.1. The van der Waals surface area contributed by atoms with Gasteiger partial charge in [-0.05, 0) is 46.6 Å². The van der Waals surface area contributed by atoms with Crippen molar-refractivity contribution in [2.75, 3.05) is 0 Å². The molecule has 0 fully saturated rings. The molecule has 0 N–H and O–H groups in total. The normalized spacial score (nSPS) is 13.5. The predicted molar refractivity (Wildman–Crippen MR) is 97.1 cm³/mol. The number of rotatable bonds is 7. The third kappa shape index (κ3) is 3.10. The number of hydrogen-bond acceptors (Lipinski definition) is 1. The minimum Gasteiger partial charge on any atom is -0.298 e. The van der Waals surface area contributed by atoms with Crippen LogP contribution in [-0.2, 0) is 12.8 Å². The standard InChI is InChI=1S/C22H26O/c1-3-5-8-16(4-2)13-18-11-12-20-19-10-7-6-9-17(19)14-21(20)22(18)15-23/h6-7,9-12,15-16H,3-5,8,13-14H2,1-2H3. The van der Waals surface area contributed by atoms with Crippen LogP contribution in [0, 0.1) is 5.92 Å². The van der Waals surface area contributed by atoms with Crippen LogP contribution in [-0.4, -0.2) is 6.29 Å². The van der Waals surface area contributed by atoms with Crippen LogP contribution in [0.1, 0.15) is 66.6 Å². The lowest BCUT2D eigenvalue weighted by atomic mass is 9.87. The molecular formula is C22H26O. The zero-order chi connectivity index (χ0) is 16.2. The minimum atomic E-state index is 0.690. The second-order valence-corrected chi connectivity index (χ2v) is 6.74. The lowest BCUT2D eigenvalue weighted by molar-refractivity contribution is 0.112.